The predicted octanol–water partition coefficient (Wildman–Crippen LogP) is 4.08. The van der Waals surface area contributed by atoms with Gasteiger partial charge < -0.3 is 14.2 Å². The largest absolute Gasteiger partial charge is 0.497 e. The van der Waals surface area contributed by atoms with Crippen LogP contribution < -0.4 is 9.47 Å². The van der Waals surface area contributed by atoms with E-state index < -0.39 is 5.97 Å². The minimum atomic E-state index is -0.395. The first-order valence-electron chi connectivity index (χ1n) is 7.66. The lowest BCUT2D eigenvalue weighted by Gasteiger charge is -2.08. The van der Waals surface area contributed by atoms with Gasteiger partial charge in [-0.15, -0.1) is 0 Å². The molecular formula is C20H22O4. The Kier molecular flexibility index (Phi) is 6.01. The molecule has 0 fully saturated rings. The SMILES string of the molecule is COc1ccc(/C=C/C(=O)OCc2cc(C)ccc2C)c(OC)c1. The number of ether oxygens (including phenoxy) is 3. The van der Waals surface area contributed by atoms with Crippen LogP contribution >= 0.6 is 0 Å². The van der Waals surface area contributed by atoms with Crippen molar-refractivity contribution in [2.24, 2.45) is 0 Å². The fraction of sp³-hybridized carbons (Fsp3) is 0.250. The van der Waals surface area contributed by atoms with Gasteiger partial charge in [0, 0.05) is 17.7 Å². The molecular weight excluding hydrogens is 304 g/mol. The lowest BCUT2D eigenvalue weighted by atomic mass is 10.1. The van der Waals surface area contributed by atoms with Crippen LogP contribution in [0.3, 0.4) is 0 Å². The highest BCUT2D eigenvalue weighted by atomic mass is 16.5. The highest BCUT2D eigenvalue weighted by molar-refractivity contribution is 5.87. The van der Waals surface area contributed by atoms with Crippen molar-refractivity contribution in [2.45, 2.75) is 20.5 Å². The fourth-order valence-corrected chi connectivity index (χ4v) is 2.27. The van der Waals surface area contributed by atoms with Gasteiger partial charge in [-0.2, -0.15) is 0 Å². The predicted molar refractivity (Wildman–Crippen MR) is 94.3 cm³/mol. The van der Waals surface area contributed by atoms with Crippen molar-refractivity contribution < 1.29 is 19.0 Å². The highest BCUT2D eigenvalue weighted by Gasteiger charge is 2.05. The molecule has 4 heteroatoms. The first kappa shape index (κ1) is 17.6. The molecule has 2 aromatic rings. The van der Waals surface area contributed by atoms with Crippen molar-refractivity contribution in [3.8, 4) is 11.5 Å². The zero-order chi connectivity index (χ0) is 17.5. The Morgan fingerprint density at radius 3 is 2.54 bits per heavy atom. The van der Waals surface area contributed by atoms with E-state index in [0.717, 1.165) is 22.3 Å². The van der Waals surface area contributed by atoms with Gasteiger partial charge in [0.2, 0.25) is 0 Å². The zero-order valence-electron chi connectivity index (χ0n) is 14.5. The number of hydrogen-bond acceptors (Lipinski definition) is 4. The Labute approximate surface area is 142 Å². The molecule has 2 aromatic carbocycles. The molecule has 2 rings (SSSR count). The second-order valence-electron chi connectivity index (χ2n) is 5.48. The van der Waals surface area contributed by atoms with Crippen LogP contribution in [0, 0.1) is 13.8 Å². The van der Waals surface area contributed by atoms with Crippen LogP contribution in [0.15, 0.2) is 42.5 Å². The Morgan fingerprint density at radius 2 is 1.83 bits per heavy atom. The molecule has 0 aliphatic rings. The first-order valence-corrected chi connectivity index (χ1v) is 7.66. The molecule has 0 heterocycles. The summed E-state index contributed by atoms with van der Waals surface area (Å²) in [4.78, 5) is 11.9. The number of esters is 1. The normalized spacial score (nSPS) is 10.7. The van der Waals surface area contributed by atoms with Gasteiger partial charge in [0.25, 0.3) is 0 Å². The van der Waals surface area contributed by atoms with Gasteiger partial charge in [0.15, 0.2) is 0 Å². The van der Waals surface area contributed by atoms with Gasteiger partial charge in [0.05, 0.1) is 14.2 Å². The van der Waals surface area contributed by atoms with E-state index in [0.29, 0.717) is 11.5 Å². The molecule has 4 nitrogen and oxygen atoms in total. The molecule has 24 heavy (non-hydrogen) atoms. The van der Waals surface area contributed by atoms with Gasteiger partial charge in [-0.3, -0.25) is 0 Å². The van der Waals surface area contributed by atoms with Crippen LogP contribution in [0.25, 0.3) is 6.08 Å². The molecule has 0 amide bonds. The van der Waals surface area contributed by atoms with E-state index in [4.69, 9.17) is 14.2 Å². The summed E-state index contributed by atoms with van der Waals surface area (Å²) in [6.45, 7) is 4.28. The minimum absolute atomic E-state index is 0.260. The summed E-state index contributed by atoms with van der Waals surface area (Å²) in [5.74, 6) is 0.934. The molecule has 0 aliphatic carbocycles. The average Bonchev–Trinajstić information content (AvgIpc) is 2.60. The van der Waals surface area contributed by atoms with Crippen molar-refractivity contribution in [3.63, 3.8) is 0 Å². The van der Waals surface area contributed by atoms with Gasteiger partial charge in [-0.05, 0) is 43.2 Å². The summed E-state index contributed by atoms with van der Waals surface area (Å²) < 4.78 is 15.8. The molecule has 0 N–H and O–H groups in total. The van der Waals surface area contributed by atoms with Crippen LogP contribution in [-0.2, 0) is 16.1 Å². The minimum Gasteiger partial charge on any atom is -0.497 e. The summed E-state index contributed by atoms with van der Waals surface area (Å²) in [6.07, 6.45) is 3.07. The maximum atomic E-state index is 11.9. The third-order valence-corrected chi connectivity index (χ3v) is 3.71. The lowest BCUT2D eigenvalue weighted by Crippen LogP contribution is -2.02. The second-order valence-corrected chi connectivity index (χ2v) is 5.48. The molecule has 0 bridgehead atoms. The molecule has 0 saturated heterocycles. The Balaban J connectivity index is 2.01. The lowest BCUT2D eigenvalue weighted by molar-refractivity contribution is -0.138. The van der Waals surface area contributed by atoms with E-state index in [1.807, 2.05) is 44.2 Å². The summed E-state index contributed by atoms with van der Waals surface area (Å²) in [5, 5.41) is 0. The third-order valence-electron chi connectivity index (χ3n) is 3.71. The van der Waals surface area contributed by atoms with Crippen molar-refractivity contribution >= 4 is 12.0 Å². The van der Waals surface area contributed by atoms with Crippen LogP contribution in [0.5, 0.6) is 11.5 Å². The molecule has 0 atom stereocenters. The third kappa shape index (κ3) is 4.62. The standard InChI is InChI=1S/C20H22O4/c1-14-5-6-15(2)17(11-14)13-24-20(21)10-8-16-7-9-18(22-3)12-19(16)23-4/h5-12H,13H2,1-4H3/b10-8+. The van der Waals surface area contributed by atoms with Crippen molar-refractivity contribution in [1.29, 1.82) is 0 Å². The average molecular weight is 326 g/mol. The van der Waals surface area contributed by atoms with Crippen molar-refractivity contribution in [1.82, 2.24) is 0 Å². The zero-order valence-corrected chi connectivity index (χ0v) is 14.5. The molecule has 0 aromatic heterocycles. The number of carbonyl (C=O) groups is 1. The summed E-state index contributed by atoms with van der Waals surface area (Å²) in [7, 11) is 3.17. The van der Waals surface area contributed by atoms with Gasteiger partial charge >= 0.3 is 5.97 Å². The summed E-state index contributed by atoms with van der Waals surface area (Å²) in [6, 6.07) is 11.5. The number of rotatable bonds is 6. The van der Waals surface area contributed by atoms with Crippen LogP contribution in [0.4, 0.5) is 0 Å². The van der Waals surface area contributed by atoms with E-state index in [1.54, 1.807) is 26.4 Å². The second kappa shape index (κ2) is 8.20. The Bertz CT molecular complexity index is 747. The highest BCUT2D eigenvalue weighted by Crippen LogP contribution is 2.25. The smallest absolute Gasteiger partial charge is 0.331 e. The van der Waals surface area contributed by atoms with E-state index in [9.17, 15) is 4.79 Å². The van der Waals surface area contributed by atoms with Crippen LogP contribution in [-0.4, -0.2) is 20.2 Å². The first-order chi connectivity index (χ1) is 11.5. The molecule has 0 saturated carbocycles. The maximum absolute atomic E-state index is 11.9. The Morgan fingerprint density at radius 1 is 1.04 bits per heavy atom. The van der Waals surface area contributed by atoms with Gasteiger partial charge in [-0.25, -0.2) is 4.79 Å². The maximum Gasteiger partial charge on any atom is 0.331 e. The number of hydrogen-bond donors (Lipinski definition) is 0. The van der Waals surface area contributed by atoms with Gasteiger partial charge in [-0.1, -0.05) is 23.8 Å². The van der Waals surface area contributed by atoms with E-state index in [-0.39, 0.29) is 6.61 Å². The fourth-order valence-electron chi connectivity index (χ4n) is 2.27. The molecule has 0 spiro atoms. The van der Waals surface area contributed by atoms with E-state index in [2.05, 4.69) is 0 Å². The number of methoxy groups -OCH3 is 2. The summed E-state index contributed by atoms with van der Waals surface area (Å²) in [5.41, 5.74) is 4.04. The molecule has 0 aliphatic heterocycles. The molecule has 0 unspecified atom stereocenters. The van der Waals surface area contributed by atoms with Crippen molar-refractivity contribution in [2.75, 3.05) is 14.2 Å². The monoisotopic (exact) mass is 326 g/mol. The topological polar surface area (TPSA) is 44.8 Å². The van der Waals surface area contributed by atoms with E-state index in [1.165, 1.54) is 6.08 Å². The van der Waals surface area contributed by atoms with Crippen LogP contribution in [0.1, 0.15) is 22.3 Å². The Hall–Kier alpha value is -2.75. The quantitative estimate of drug-likeness (QED) is 0.593. The number of benzene rings is 2. The van der Waals surface area contributed by atoms with Gasteiger partial charge in [0.1, 0.15) is 18.1 Å². The van der Waals surface area contributed by atoms with Crippen LogP contribution in [0.2, 0.25) is 0 Å². The van der Waals surface area contributed by atoms with E-state index >= 15 is 0 Å². The molecule has 0 radical (unpaired) electrons. The molecule has 126 valence electrons. The number of carbonyl (C=O) groups excluding carboxylic acids is 1. The summed E-state index contributed by atoms with van der Waals surface area (Å²) >= 11 is 0. The van der Waals surface area contributed by atoms with Crippen molar-refractivity contribution in [3.05, 3.63) is 64.7 Å². The number of aryl methyl sites for hydroxylation is 2.